The highest BCUT2D eigenvalue weighted by Gasteiger charge is 2.22. The van der Waals surface area contributed by atoms with Crippen molar-refractivity contribution >= 4 is 16.8 Å². The van der Waals surface area contributed by atoms with Crippen LogP contribution < -0.4 is 15.6 Å². The Morgan fingerprint density at radius 1 is 1.18 bits per heavy atom. The van der Waals surface area contributed by atoms with Gasteiger partial charge in [-0.2, -0.15) is 0 Å². The smallest absolute Gasteiger partial charge is 0.264 e. The quantitative estimate of drug-likeness (QED) is 0.234. The van der Waals surface area contributed by atoms with Gasteiger partial charge < -0.3 is 24.6 Å². The highest BCUT2D eigenvalue weighted by molar-refractivity contribution is 5.94. The summed E-state index contributed by atoms with van der Waals surface area (Å²) in [4.78, 5) is 32.6. The molecule has 0 unspecified atom stereocenters. The second kappa shape index (κ2) is 13.8. The number of aromatic nitrogens is 2. The molecular formula is C33H31F3N4O4. The van der Waals surface area contributed by atoms with E-state index in [1.54, 1.807) is 6.20 Å². The van der Waals surface area contributed by atoms with E-state index in [9.17, 15) is 27.9 Å². The predicted octanol–water partition coefficient (Wildman–Crippen LogP) is 3.90. The summed E-state index contributed by atoms with van der Waals surface area (Å²) in [5.74, 6) is 1.75. The summed E-state index contributed by atoms with van der Waals surface area (Å²) in [6, 6.07) is 10.2. The van der Waals surface area contributed by atoms with Gasteiger partial charge in [-0.15, -0.1) is 0 Å². The standard InChI is InChI=1S/C33H31F3N4O4/c1-39-13-3-6-22(18-39)20-44-30-10-12-37-28-9-8-21(15-25(28)30)5-2-11-38-32(42)24-7-4-14-40(33(24)43)29(19-41)23-16-26(34)31(36)27(35)17-23/h4,7-10,12,14-17,22,29,41H,3,6,11,13,18-20H2,1H3,(H,38,42)/t22-,29+/m1/s1. The molecule has 228 valence electrons. The Morgan fingerprint density at radius 3 is 2.73 bits per heavy atom. The minimum atomic E-state index is -1.66. The van der Waals surface area contributed by atoms with Crippen LogP contribution in [0.3, 0.4) is 0 Å². The number of amides is 1. The number of aliphatic hydroxyl groups is 1. The van der Waals surface area contributed by atoms with Crippen LogP contribution >= 0.6 is 0 Å². The second-order valence-corrected chi connectivity index (χ2v) is 10.7. The lowest BCUT2D eigenvalue weighted by Gasteiger charge is -2.29. The lowest BCUT2D eigenvalue weighted by atomic mass is 9.99. The molecule has 4 aromatic rings. The second-order valence-electron chi connectivity index (χ2n) is 10.7. The molecule has 0 bridgehead atoms. The van der Waals surface area contributed by atoms with Crippen molar-refractivity contribution in [3.8, 4) is 17.6 Å². The van der Waals surface area contributed by atoms with Crippen molar-refractivity contribution in [1.82, 2.24) is 19.8 Å². The lowest BCUT2D eigenvalue weighted by Crippen LogP contribution is -2.35. The van der Waals surface area contributed by atoms with Crippen LogP contribution in [0.2, 0.25) is 0 Å². The zero-order valence-corrected chi connectivity index (χ0v) is 24.0. The molecule has 1 aliphatic heterocycles. The van der Waals surface area contributed by atoms with E-state index in [-0.39, 0.29) is 17.7 Å². The molecular weight excluding hydrogens is 573 g/mol. The number of hydrogen-bond donors (Lipinski definition) is 2. The maximum atomic E-state index is 13.8. The SMILES string of the molecule is CN1CCC[C@@H](COc2ccnc3ccc(C#CCNC(=O)c4cccn([C@@H](CO)c5cc(F)c(F)c(F)c5)c4=O)cc23)C1. The molecule has 2 aromatic heterocycles. The molecule has 0 spiro atoms. The van der Waals surface area contributed by atoms with E-state index in [0.717, 1.165) is 47.2 Å². The van der Waals surface area contributed by atoms with Crippen LogP contribution in [0.25, 0.3) is 10.9 Å². The van der Waals surface area contributed by atoms with Gasteiger partial charge in [0.2, 0.25) is 0 Å². The molecule has 2 N–H and O–H groups in total. The molecule has 44 heavy (non-hydrogen) atoms. The molecule has 0 radical (unpaired) electrons. The van der Waals surface area contributed by atoms with Gasteiger partial charge in [0.15, 0.2) is 17.5 Å². The Kier molecular flexibility index (Phi) is 9.62. The Morgan fingerprint density at radius 2 is 1.98 bits per heavy atom. The van der Waals surface area contributed by atoms with Gasteiger partial charge in [0, 0.05) is 35.8 Å². The van der Waals surface area contributed by atoms with E-state index in [1.165, 1.54) is 18.3 Å². The number of ether oxygens (including phenoxy) is 1. The number of hydrogen-bond acceptors (Lipinski definition) is 6. The number of halogens is 3. The molecule has 8 nitrogen and oxygen atoms in total. The lowest BCUT2D eigenvalue weighted by molar-refractivity contribution is 0.0956. The van der Waals surface area contributed by atoms with Gasteiger partial charge in [-0.25, -0.2) is 13.2 Å². The van der Waals surface area contributed by atoms with E-state index in [0.29, 0.717) is 30.2 Å². The number of fused-ring (bicyclic) bond motifs is 1. The molecule has 3 heterocycles. The van der Waals surface area contributed by atoms with E-state index < -0.39 is 41.6 Å². The Bertz CT molecular complexity index is 1780. The maximum absolute atomic E-state index is 13.8. The van der Waals surface area contributed by atoms with E-state index in [1.807, 2.05) is 24.3 Å². The van der Waals surface area contributed by atoms with Gasteiger partial charge >= 0.3 is 0 Å². The molecule has 2 atom stereocenters. The van der Waals surface area contributed by atoms with Crippen molar-refractivity contribution in [2.45, 2.75) is 18.9 Å². The third-order valence-corrected chi connectivity index (χ3v) is 7.59. The fourth-order valence-corrected chi connectivity index (χ4v) is 5.36. The van der Waals surface area contributed by atoms with Crippen molar-refractivity contribution in [2.75, 3.05) is 39.9 Å². The largest absolute Gasteiger partial charge is 0.492 e. The van der Waals surface area contributed by atoms with Crippen LogP contribution in [0.1, 0.15) is 40.4 Å². The van der Waals surface area contributed by atoms with Crippen LogP contribution in [-0.4, -0.2) is 65.4 Å². The molecule has 0 aliphatic carbocycles. The number of aliphatic hydroxyl groups excluding tert-OH is 1. The predicted molar refractivity (Wildman–Crippen MR) is 159 cm³/mol. The summed E-state index contributed by atoms with van der Waals surface area (Å²) in [7, 11) is 2.12. The molecule has 1 saturated heterocycles. The molecule has 1 aliphatic rings. The number of piperidine rings is 1. The molecule has 1 fully saturated rings. The van der Waals surface area contributed by atoms with Gasteiger partial charge in [-0.3, -0.25) is 14.6 Å². The average Bonchev–Trinajstić information content (AvgIpc) is 3.02. The van der Waals surface area contributed by atoms with Crippen molar-refractivity contribution in [3.63, 3.8) is 0 Å². The average molecular weight is 605 g/mol. The zero-order valence-electron chi connectivity index (χ0n) is 24.0. The van der Waals surface area contributed by atoms with Crippen molar-refractivity contribution in [2.24, 2.45) is 5.92 Å². The number of nitrogens with zero attached hydrogens (tertiary/aromatic N) is 3. The van der Waals surface area contributed by atoms with Crippen LogP contribution in [0.15, 0.2) is 65.7 Å². The van der Waals surface area contributed by atoms with Crippen molar-refractivity contribution < 1.29 is 27.8 Å². The first kappa shape index (κ1) is 30.8. The monoisotopic (exact) mass is 604 g/mol. The Balaban J connectivity index is 1.26. The summed E-state index contributed by atoms with van der Waals surface area (Å²) in [5, 5.41) is 13.3. The number of carbonyl (C=O) groups is 1. The van der Waals surface area contributed by atoms with Gasteiger partial charge in [-0.05, 0) is 80.5 Å². The summed E-state index contributed by atoms with van der Waals surface area (Å²) in [6.45, 7) is 1.91. The fourth-order valence-electron chi connectivity index (χ4n) is 5.36. The topological polar surface area (TPSA) is 96.7 Å². The van der Waals surface area contributed by atoms with Crippen LogP contribution in [0.5, 0.6) is 5.75 Å². The third kappa shape index (κ3) is 6.93. The number of pyridine rings is 2. The Hall–Kier alpha value is -4.66. The van der Waals surface area contributed by atoms with Gasteiger partial charge in [0.25, 0.3) is 11.5 Å². The van der Waals surface area contributed by atoms with E-state index >= 15 is 0 Å². The van der Waals surface area contributed by atoms with Crippen molar-refractivity contribution in [3.05, 3.63) is 105 Å². The normalized spacial score (nSPS) is 15.8. The summed E-state index contributed by atoms with van der Waals surface area (Å²) in [6.07, 6.45) is 5.25. The number of nitrogens with one attached hydrogen (secondary N) is 1. The third-order valence-electron chi connectivity index (χ3n) is 7.59. The first-order valence-electron chi connectivity index (χ1n) is 14.2. The van der Waals surface area contributed by atoms with Crippen LogP contribution in [0, 0.1) is 35.2 Å². The fraction of sp³-hybridized carbons (Fsp3) is 0.303. The van der Waals surface area contributed by atoms with E-state index in [2.05, 4.69) is 34.1 Å². The highest BCUT2D eigenvalue weighted by Crippen LogP contribution is 2.26. The Labute approximate surface area is 252 Å². The first-order valence-corrected chi connectivity index (χ1v) is 14.2. The summed E-state index contributed by atoms with van der Waals surface area (Å²) in [5.41, 5.74) is 0.216. The minimum absolute atomic E-state index is 0.0748. The number of likely N-dealkylation sites (tertiary alicyclic amines) is 1. The zero-order chi connectivity index (χ0) is 31.2. The molecule has 5 rings (SSSR count). The van der Waals surface area contributed by atoms with Gasteiger partial charge in [0.1, 0.15) is 11.3 Å². The van der Waals surface area contributed by atoms with Gasteiger partial charge in [0.05, 0.1) is 31.3 Å². The molecule has 1 amide bonds. The summed E-state index contributed by atoms with van der Waals surface area (Å²) >= 11 is 0. The molecule has 2 aromatic carbocycles. The number of benzene rings is 2. The number of carbonyl (C=O) groups excluding carboxylic acids is 1. The van der Waals surface area contributed by atoms with E-state index in [4.69, 9.17) is 4.74 Å². The minimum Gasteiger partial charge on any atom is -0.492 e. The first-order chi connectivity index (χ1) is 21.2. The van der Waals surface area contributed by atoms with Crippen molar-refractivity contribution in [1.29, 1.82) is 0 Å². The number of rotatable bonds is 8. The molecule has 11 heteroatoms. The summed E-state index contributed by atoms with van der Waals surface area (Å²) < 4.78 is 48.2. The van der Waals surface area contributed by atoms with Crippen LogP contribution in [0.4, 0.5) is 13.2 Å². The maximum Gasteiger partial charge on any atom is 0.264 e. The van der Waals surface area contributed by atoms with Crippen LogP contribution in [-0.2, 0) is 0 Å². The highest BCUT2D eigenvalue weighted by atomic mass is 19.2. The van der Waals surface area contributed by atoms with Gasteiger partial charge in [-0.1, -0.05) is 11.8 Å². The molecule has 0 saturated carbocycles.